The Morgan fingerprint density at radius 1 is 1.14 bits per heavy atom. The van der Waals surface area contributed by atoms with E-state index in [1.165, 1.54) is 0 Å². The summed E-state index contributed by atoms with van der Waals surface area (Å²) < 4.78 is 43.3. The Labute approximate surface area is 80.5 Å². The molecule has 0 saturated carbocycles. The highest BCUT2D eigenvalue weighted by atomic mass is 19.2. The second-order valence-electron chi connectivity index (χ2n) is 2.87. The minimum absolute atomic E-state index is 0.188. The molecule has 0 atom stereocenters. The molecule has 0 N–H and O–H groups in total. The van der Waals surface area contributed by atoms with Crippen molar-refractivity contribution in [2.24, 2.45) is 0 Å². The van der Waals surface area contributed by atoms with Gasteiger partial charge in [0.2, 0.25) is 5.82 Å². The number of unbranched alkanes of at least 4 members (excludes halogenated alkanes) is 1. The van der Waals surface area contributed by atoms with E-state index in [4.69, 9.17) is 4.74 Å². The van der Waals surface area contributed by atoms with Crippen molar-refractivity contribution in [2.75, 3.05) is 6.61 Å². The molecule has 1 rings (SSSR count). The molecule has 0 spiro atoms. The third-order valence-corrected chi connectivity index (χ3v) is 1.75. The van der Waals surface area contributed by atoms with Crippen LogP contribution in [0.1, 0.15) is 19.8 Å². The van der Waals surface area contributed by atoms with E-state index >= 15 is 0 Å². The highest BCUT2D eigenvalue weighted by Gasteiger charge is 2.14. The maximum Gasteiger partial charge on any atom is 0.203 e. The van der Waals surface area contributed by atoms with Gasteiger partial charge in [-0.25, -0.2) is 8.78 Å². The standard InChI is InChI=1S/C10H11F3O/c1-2-3-6-14-10-8(12)5-4-7(11)9(10)13/h4-5H,2-3,6H2,1H3. The molecule has 0 aliphatic heterocycles. The van der Waals surface area contributed by atoms with Gasteiger partial charge >= 0.3 is 0 Å². The quantitative estimate of drug-likeness (QED) is 0.540. The Bertz CT molecular complexity index is 312. The lowest BCUT2D eigenvalue weighted by Crippen LogP contribution is -2.02. The van der Waals surface area contributed by atoms with Crippen LogP contribution < -0.4 is 4.74 Å². The predicted octanol–water partition coefficient (Wildman–Crippen LogP) is 3.28. The first-order valence-corrected chi connectivity index (χ1v) is 4.43. The maximum atomic E-state index is 12.9. The Balaban J connectivity index is 2.79. The molecule has 1 aromatic rings. The van der Waals surface area contributed by atoms with E-state index in [0.29, 0.717) is 6.42 Å². The van der Waals surface area contributed by atoms with Gasteiger partial charge in [0.25, 0.3) is 0 Å². The van der Waals surface area contributed by atoms with Crippen molar-refractivity contribution in [3.05, 3.63) is 29.6 Å². The van der Waals surface area contributed by atoms with Crippen LogP contribution in [0.3, 0.4) is 0 Å². The van der Waals surface area contributed by atoms with Crippen molar-refractivity contribution in [3.8, 4) is 5.75 Å². The summed E-state index contributed by atoms with van der Waals surface area (Å²) in [5.74, 6) is -3.86. The van der Waals surface area contributed by atoms with Gasteiger partial charge in [-0.2, -0.15) is 4.39 Å². The molecule has 0 fully saturated rings. The monoisotopic (exact) mass is 204 g/mol. The number of hydrogen-bond donors (Lipinski definition) is 0. The van der Waals surface area contributed by atoms with Gasteiger partial charge < -0.3 is 4.74 Å². The molecule has 0 aromatic heterocycles. The lowest BCUT2D eigenvalue weighted by molar-refractivity contribution is 0.273. The summed E-state index contributed by atoms with van der Waals surface area (Å²) in [6, 6.07) is 1.58. The Hall–Kier alpha value is -1.19. The predicted molar refractivity (Wildman–Crippen MR) is 46.7 cm³/mol. The molecular formula is C10H11F3O. The lowest BCUT2D eigenvalue weighted by Gasteiger charge is -2.07. The second-order valence-corrected chi connectivity index (χ2v) is 2.87. The summed E-state index contributed by atoms with van der Waals surface area (Å²) in [4.78, 5) is 0. The smallest absolute Gasteiger partial charge is 0.203 e. The molecule has 0 radical (unpaired) electrons. The summed E-state index contributed by atoms with van der Waals surface area (Å²) in [7, 11) is 0. The van der Waals surface area contributed by atoms with Gasteiger partial charge in [-0.3, -0.25) is 0 Å². The van der Waals surface area contributed by atoms with E-state index < -0.39 is 23.2 Å². The fourth-order valence-electron chi connectivity index (χ4n) is 0.959. The highest BCUT2D eigenvalue weighted by Crippen LogP contribution is 2.23. The first-order valence-electron chi connectivity index (χ1n) is 4.43. The Morgan fingerprint density at radius 2 is 1.79 bits per heavy atom. The second kappa shape index (κ2) is 4.88. The summed E-state index contributed by atoms with van der Waals surface area (Å²) in [5, 5.41) is 0. The third kappa shape index (κ3) is 2.40. The minimum Gasteiger partial charge on any atom is -0.488 e. The van der Waals surface area contributed by atoms with Crippen LogP contribution in [-0.2, 0) is 0 Å². The molecular weight excluding hydrogens is 193 g/mol. The molecule has 78 valence electrons. The largest absolute Gasteiger partial charge is 0.488 e. The normalized spacial score (nSPS) is 10.3. The van der Waals surface area contributed by atoms with Crippen LogP contribution in [0.15, 0.2) is 12.1 Å². The van der Waals surface area contributed by atoms with E-state index in [9.17, 15) is 13.2 Å². The van der Waals surface area contributed by atoms with Crippen LogP contribution >= 0.6 is 0 Å². The van der Waals surface area contributed by atoms with Gasteiger partial charge in [-0.15, -0.1) is 0 Å². The number of halogens is 3. The van der Waals surface area contributed by atoms with Crippen molar-refractivity contribution < 1.29 is 17.9 Å². The van der Waals surface area contributed by atoms with Crippen molar-refractivity contribution in [2.45, 2.75) is 19.8 Å². The van der Waals surface area contributed by atoms with Gasteiger partial charge in [-0.1, -0.05) is 13.3 Å². The molecule has 0 aliphatic carbocycles. The SMILES string of the molecule is CCCCOc1c(F)ccc(F)c1F. The van der Waals surface area contributed by atoms with Crippen LogP contribution in [0.5, 0.6) is 5.75 Å². The lowest BCUT2D eigenvalue weighted by atomic mass is 10.3. The summed E-state index contributed by atoms with van der Waals surface area (Å²) in [5.41, 5.74) is 0. The van der Waals surface area contributed by atoms with E-state index in [1.807, 2.05) is 6.92 Å². The third-order valence-electron chi connectivity index (χ3n) is 1.75. The average molecular weight is 204 g/mol. The van der Waals surface area contributed by atoms with Gasteiger partial charge in [0.1, 0.15) is 0 Å². The maximum absolute atomic E-state index is 12.9. The van der Waals surface area contributed by atoms with Crippen molar-refractivity contribution in [3.63, 3.8) is 0 Å². The van der Waals surface area contributed by atoms with Gasteiger partial charge in [0.15, 0.2) is 17.4 Å². The average Bonchev–Trinajstić information content (AvgIpc) is 2.18. The van der Waals surface area contributed by atoms with Crippen LogP contribution in [-0.4, -0.2) is 6.61 Å². The van der Waals surface area contributed by atoms with Crippen LogP contribution in [0, 0.1) is 17.5 Å². The van der Waals surface area contributed by atoms with Crippen molar-refractivity contribution in [1.29, 1.82) is 0 Å². The van der Waals surface area contributed by atoms with Crippen molar-refractivity contribution in [1.82, 2.24) is 0 Å². The fourth-order valence-corrected chi connectivity index (χ4v) is 0.959. The molecule has 0 aliphatic rings. The number of benzene rings is 1. The molecule has 0 saturated heterocycles. The zero-order chi connectivity index (χ0) is 10.6. The molecule has 1 nitrogen and oxygen atoms in total. The van der Waals surface area contributed by atoms with Gasteiger partial charge in [0, 0.05) is 0 Å². The van der Waals surface area contributed by atoms with Crippen LogP contribution in [0.2, 0.25) is 0 Å². The van der Waals surface area contributed by atoms with Crippen molar-refractivity contribution >= 4 is 0 Å². The van der Waals surface area contributed by atoms with Crippen LogP contribution in [0.4, 0.5) is 13.2 Å². The van der Waals surface area contributed by atoms with Gasteiger partial charge in [-0.05, 0) is 18.6 Å². The molecule has 0 heterocycles. The highest BCUT2D eigenvalue weighted by molar-refractivity contribution is 5.27. The molecule has 14 heavy (non-hydrogen) atoms. The van der Waals surface area contributed by atoms with E-state index in [-0.39, 0.29) is 6.61 Å². The number of ether oxygens (including phenoxy) is 1. The summed E-state index contributed by atoms with van der Waals surface area (Å²) in [6.45, 7) is 2.11. The minimum atomic E-state index is -1.26. The topological polar surface area (TPSA) is 9.23 Å². The number of hydrogen-bond acceptors (Lipinski definition) is 1. The molecule has 0 bridgehead atoms. The Morgan fingerprint density at radius 3 is 2.43 bits per heavy atom. The number of rotatable bonds is 4. The van der Waals surface area contributed by atoms with Gasteiger partial charge in [0.05, 0.1) is 6.61 Å². The molecule has 4 heteroatoms. The molecule has 0 unspecified atom stereocenters. The zero-order valence-corrected chi connectivity index (χ0v) is 7.82. The van der Waals surface area contributed by atoms with E-state index in [2.05, 4.69) is 0 Å². The first-order chi connectivity index (χ1) is 6.66. The fraction of sp³-hybridized carbons (Fsp3) is 0.400. The molecule has 0 amide bonds. The molecule has 1 aromatic carbocycles. The van der Waals surface area contributed by atoms with E-state index in [1.54, 1.807) is 0 Å². The summed E-state index contributed by atoms with van der Waals surface area (Å²) >= 11 is 0. The zero-order valence-electron chi connectivity index (χ0n) is 7.82. The van der Waals surface area contributed by atoms with Crippen LogP contribution in [0.25, 0.3) is 0 Å². The first kappa shape index (κ1) is 10.9. The summed E-state index contributed by atoms with van der Waals surface area (Å²) in [6.07, 6.45) is 1.52. The Kier molecular flexibility index (Phi) is 3.80. The van der Waals surface area contributed by atoms with E-state index in [0.717, 1.165) is 18.6 Å².